The number of carbonyl (C=O) groups excluding carboxylic acids is 1. The molecule has 2 aromatic carbocycles. The SMILES string of the molecule is COc1ccc(-n2c(C)ccc2[C@@H]2[C@H](c3ccccn3)NC(=S)N2CCC(=O)Nc2ccc(F)cc2)cc1. The van der Waals surface area contributed by atoms with Gasteiger partial charge in [-0.1, -0.05) is 6.07 Å². The molecule has 2 atom stereocenters. The van der Waals surface area contributed by atoms with Crippen LogP contribution in [0.1, 0.15) is 35.6 Å². The van der Waals surface area contributed by atoms with Crippen LogP contribution in [0.4, 0.5) is 10.1 Å². The highest BCUT2D eigenvalue weighted by Gasteiger charge is 2.41. The first-order valence-corrected chi connectivity index (χ1v) is 12.7. The van der Waals surface area contributed by atoms with Crippen LogP contribution >= 0.6 is 12.2 Å². The Morgan fingerprint density at radius 2 is 1.84 bits per heavy atom. The number of hydrogen-bond donors (Lipinski definition) is 2. The summed E-state index contributed by atoms with van der Waals surface area (Å²) in [5.74, 6) is 0.250. The minimum Gasteiger partial charge on any atom is -0.497 e. The first-order chi connectivity index (χ1) is 18.4. The second-order valence-electron chi connectivity index (χ2n) is 9.06. The lowest BCUT2D eigenvalue weighted by Gasteiger charge is -2.29. The number of anilines is 1. The standard InChI is InChI=1S/C29H28FN5O2S/c1-19-6-15-25(35(19)22-11-13-23(37-2)14-12-22)28-27(24-5-3-4-17-31-24)33-29(38)34(28)18-16-26(36)32-21-9-7-20(30)8-10-21/h3-15,17,27-28H,16,18H2,1-2H3,(H,32,36)(H,33,38)/t27-,28+/m0/s1. The fourth-order valence-electron chi connectivity index (χ4n) is 4.82. The third kappa shape index (κ3) is 5.24. The Labute approximate surface area is 226 Å². The zero-order valence-electron chi connectivity index (χ0n) is 21.1. The van der Waals surface area contributed by atoms with Gasteiger partial charge in [-0.15, -0.1) is 0 Å². The highest BCUT2D eigenvalue weighted by molar-refractivity contribution is 7.80. The molecule has 7 nitrogen and oxygen atoms in total. The maximum Gasteiger partial charge on any atom is 0.226 e. The van der Waals surface area contributed by atoms with Crippen molar-refractivity contribution < 1.29 is 13.9 Å². The summed E-state index contributed by atoms with van der Waals surface area (Å²) in [6.07, 6.45) is 1.97. The lowest BCUT2D eigenvalue weighted by Crippen LogP contribution is -2.33. The second kappa shape index (κ2) is 11.0. The van der Waals surface area contributed by atoms with Crippen molar-refractivity contribution in [3.8, 4) is 11.4 Å². The van der Waals surface area contributed by atoms with Gasteiger partial charge in [0, 0.05) is 41.9 Å². The van der Waals surface area contributed by atoms with E-state index in [1.54, 1.807) is 25.4 Å². The molecular weight excluding hydrogens is 501 g/mol. The van der Waals surface area contributed by atoms with Crippen LogP contribution in [0.15, 0.2) is 85.1 Å². The number of pyridine rings is 1. The number of carbonyl (C=O) groups is 1. The van der Waals surface area contributed by atoms with Gasteiger partial charge < -0.3 is 24.8 Å². The number of aryl methyl sites for hydroxylation is 1. The molecule has 0 bridgehead atoms. The van der Waals surface area contributed by atoms with Gasteiger partial charge in [-0.25, -0.2) is 4.39 Å². The van der Waals surface area contributed by atoms with Crippen LogP contribution in [0.25, 0.3) is 5.69 Å². The summed E-state index contributed by atoms with van der Waals surface area (Å²) in [6.45, 7) is 2.45. The van der Waals surface area contributed by atoms with Crippen LogP contribution in [-0.4, -0.2) is 39.1 Å². The van der Waals surface area contributed by atoms with Gasteiger partial charge in [0.1, 0.15) is 11.6 Å². The largest absolute Gasteiger partial charge is 0.497 e. The molecule has 0 radical (unpaired) electrons. The van der Waals surface area contributed by atoms with Crippen LogP contribution in [0.5, 0.6) is 5.75 Å². The average Bonchev–Trinajstić information content (AvgIpc) is 3.48. The fraction of sp³-hybridized carbons (Fsp3) is 0.207. The quantitative estimate of drug-likeness (QED) is 0.301. The molecule has 38 heavy (non-hydrogen) atoms. The highest BCUT2D eigenvalue weighted by Crippen LogP contribution is 2.40. The van der Waals surface area contributed by atoms with Crippen LogP contribution in [0.3, 0.4) is 0 Å². The Morgan fingerprint density at radius 1 is 1.08 bits per heavy atom. The van der Waals surface area contributed by atoms with Crippen LogP contribution in [-0.2, 0) is 4.79 Å². The molecular formula is C29H28FN5O2S. The van der Waals surface area contributed by atoms with Gasteiger partial charge >= 0.3 is 0 Å². The summed E-state index contributed by atoms with van der Waals surface area (Å²) >= 11 is 5.78. The normalized spacial score (nSPS) is 16.8. The lowest BCUT2D eigenvalue weighted by atomic mass is 10.0. The average molecular weight is 530 g/mol. The summed E-state index contributed by atoms with van der Waals surface area (Å²) < 4.78 is 20.8. The monoisotopic (exact) mass is 529 g/mol. The van der Waals surface area contributed by atoms with Crippen molar-refractivity contribution in [2.24, 2.45) is 0 Å². The van der Waals surface area contributed by atoms with E-state index in [2.05, 4.69) is 39.2 Å². The molecule has 1 aliphatic rings. The predicted molar refractivity (Wildman–Crippen MR) is 149 cm³/mol. The maximum absolute atomic E-state index is 13.2. The molecule has 2 N–H and O–H groups in total. The highest BCUT2D eigenvalue weighted by atomic mass is 32.1. The van der Waals surface area contributed by atoms with E-state index in [4.69, 9.17) is 17.0 Å². The smallest absolute Gasteiger partial charge is 0.226 e. The number of halogens is 1. The number of aromatic nitrogens is 2. The summed E-state index contributed by atoms with van der Waals surface area (Å²) in [5.41, 5.74) is 4.49. The topological polar surface area (TPSA) is 71.4 Å². The van der Waals surface area contributed by atoms with Gasteiger partial charge in [0.2, 0.25) is 5.91 Å². The van der Waals surface area contributed by atoms with Gasteiger partial charge in [-0.05, 0) is 91.9 Å². The Balaban J connectivity index is 1.46. The summed E-state index contributed by atoms with van der Waals surface area (Å²) in [6, 6.07) is 23.2. The van der Waals surface area contributed by atoms with Crippen molar-refractivity contribution in [1.82, 2.24) is 19.8 Å². The number of ether oxygens (including phenoxy) is 1. The summed E-state index contributed by atoms with van der Waals surface area (Å²) in [4.78, 5) is 19.4. The van der Waals surface area contributed by atoms with E-state index in [1.807, 2.05) is 47.4 Å². The van der Waals surface area contributed by atoms with Gasteiger partial charge in [-0.3, -0.25) is 9.78 Å². The summed E-state index contributed by atoms with van der Waals surface area (Å²) in [5, 5.41) is 6.83. The maximum atomic E-state index is 13.2. The van der Waals surface area contributed by atoms with E-state index < -0.39 is 0 Å². The van der Waals surface area contributed by atoms with Gasteiger partial charge in [-0.2, -0.15) is 0 Å². The number of nitrogens with zero attached hydrogens (tertiary/aromatic N) is 3. The Hall–Kier alpha value is -4.24. The molecule has 4 aromatic rings. The Bertz CT molecular complexity index is 1420. The van der Waals surface area contributed by atoms with Crippen molar-refractivity contribution in [3.63, 3.8) is 0 Å². The van der Waals surface area contributed by atoms with Crippen molar-refractivity contribution in [3.05, 3.63) is 108 Å². The molecule has 5 rings (SSSR count). The Kier molecular flexibility index (Phi) is 7.37. The number of methoxy groups -OCH3 is 1. The lowest BCUT2D eigenvalue weighted by molar-refractivity contribution is -0.116. The summed E-state index contributed by atoms with van der Waals surface area (Å²) in [7, 11) is 1.65. The van der Waals surface area contributed by atoms with E-state index in [0.29, 0.717) is 17.3 Å². The van der Waals surface area contributed by atoms with Crippen LogP contribution < -0.4 is 15.4 Å². The van der Waals surface area contributed by atoms with Gasteiger partial charge in [0.25, 0.3) is 0 Å². The molecule has 0 unspecified atom stereocenters. The van der Waals surface area contributed by atoms with Gasteiger partial charge in [0.15, 0.2) is 5.11 Å². The number of amides is 1. The zero-order chi connectivity index (χ0) is 26.6. The number of benzene rings is 2. The van der Waals surface area contributed by atoms with E-state index in [1.165, 1.54) is 12.1 Å². The third-order valence-corrected chi connectivity index (χ3v) is 7.00. The van der Waals surface area contributed by atoms with E-state index in [9.17, 15) is 9.18 Å². The number of rotatable bonds is 8. The third-order valence-electron chi connectivity index (χ3n) is 6.65. The molecule has 1 fully saturated rings. The molecule has 3 heterocycles. The van der Waals surface area contributed by atoms with Crippen molar-refractivity contribution in [1.29, 1.82) is 0 Å². The van der Waals surface area contributed by atoms with E-state index in [-0.39, 0.29) is 30.2 Å². The molecule has 0 spiro atoms. The predicted octanol–water partition coefficient (Wildman–Crippen LogP) is 5.33. The molecule has 0 aliphatic carbocycles. The molecule has 9 heteroatoms. The molecule has 2 aromatic heterocycles. The minimum atomic E-state index is -0.352. The minimum absolute atomic E-state index is 0.179. The molecule has 194 valence electrons. The Morgan fingerprint density at radius 3 is 2.53 bits per heavy atom. The van der Waals surface area contributed by atoms with Gasteiger partial charge in [0.05, 0.1) is 24.9 Å². The molecule has 0 saturated carbocycles. The fourth-order valence-corrected chi connectivity index (χ4v) is 5.15. The number of hydrogen-bond acceptors (Lipinski definition) is 4. The second-order valence-corrected chi connectivity index (χ2v) is 9.44. The van der Waals surface area contributed by atoms with Crippen molar-refractivity contribution >= 4 is 28.9 Å². The molecule has 1 aliphatic heterocycles. The van der Waals surface area contributed by atoms with Crippen LogP contribution in [0, 0.1) is 12.7 Å². The molecule has 1 saturated heterocycles. The van der Waals surface area contributed by atoms with E-state index >= 15 is 0 Å². The van der Waals surface area contributed by atoms with Crippen LogP contribution in [0.2, 0.25) is 0 Å². The van der Waals surface area contributed by atoms with Crippen molar-refractivity contribution in [2.75, 3.05) is 19.0 Å². The zero-order valence-corrected chi connectivity index (χ0v) is 21.9. The number of thiocarbonyl (C=S) groups is 1. The first kappa shape index (κ1) is 25.4. The van der Waals surface area contributed by atoms with Crippen molar-refractivity contribution in [2.45, 2.75) is 25.4 Å². The molecule has 1 amide bonds. The first-order valence-electron chi connectivity index (χ1n) is 12.3. The number of nitrogens with one attached hydrogen (secondary N) is 2. The van der Waals surface area contributed by atoms with E-state index in [0.717, 1.165) is 28.5 Å².